The molecule has 1 N–H and O–H groups in total. The molecular formula is C22H19N3O3S2. The van der Waals surface area contributed by atoms with E-state index in [-0.39, 0.29) is 6.54 Å². The van der Waals surface area contributed by atoms with E-state index in [1.54, 1.807) is 30.4 Å². The van der Waals surface area contributed by atoms with E-state index in [9.17, 15) is 14.5 Å². The van der Waals surface area contributed by atoms with Crippen LogP contribution in [0.25, 0.3) is 22.0 Å². The number of fused-ring (bicyclic) bond motifs is 1. The van der Waals surface area contributed by atoms with E-state index in [1.807, 2.05) is 47.9 Å². The van der Waals surface area contributed by atoms with Crippen LogP contribution in [0.2, 0.25) is 0 Å². The van der Waals surface area contributed by atoms with Crippen LogP contribution >= 0.6 is 11.8 Å². The van der Waals surface area contributed by atoms with Crippen molar-refractivity contribution in [2.45, 2.75) is 28.2 Å². The van der Waals surface area contributed by atoms with Gasteiger partial charge in [0, 0.05) is 44.3 Å². The van der Waals surface area contributed by atoms with E-state index in [0.717, 1.165) is 42.4 Å². The Kier molecular flexibility index (Phi) is 5.80. The number of carbonyl (C=O) groups is 1. The van der Waals surface area contributed by atoms with Gasteiger partial charge in [-0.05, 0) is 60.1 Å². The third kappa shape index (κ3) is 4.07. The van der Waals surface area contributed by atoms with Crippen LogP contribution in [-0.2, 0) is 22.5 Å². The second-order valence-corrected chi connectivity index (χ2v) is 9.24. The Morgan fingerprint density at radius 1 is 1.13 bits per heavy atom. The number of aliphatic carboxylic acids is 1. The lowest BCUT2D eigenvalue weighted by Crippen LogP contribution is -2.09. The summed E-state index contributed by atoms with van der Waals surface area (Å²) in [5, 5.41) is 10.4. The summed E-state index contributed by atoms with van der Waals surface area (Å²) < 4.78 is 13.5. The highest BCUT2D eigenvalue weighted by molar-refractivity contribution is 7.99. The van der Waals surface area contributed by atoms with Gasteiger partial charge >= 0.3 is 5.97 Å². The summed E-state index contributed by atoms with van der Waals surface area (Å²) in [4.78, 5) is 22.4. The molecule has 2 aromatic heterocycles. The zero-order valence-corrected chi connectivity index (χ0v) is 18.0. The molecule has 0 bridgehead atoms. The Morgan fingerprint density at radius 3 is 2.47 bits per heavy atom. The quantitative estimate of drug-likeness (QED) is 0.450. The molecule has 30 heavy (non-hydrogen) atoms. The molecule has 0 saturated carbocycles. The molecule has 2 aromatic carbocycles. The summed E-state index contributed by atoms with van der Waals surface area (Å²) in [5.74, 6) is -0.887. The lowest BCUT2D eigenvalue weighted by Gasteiger charge is -2.07. The van der Waals surface area contributed by atoms with Crippen LogP contribution in [0.1, 0.15) is 5.69 Å². The van der Waals surface area contributed by atoms with Crippen LogP contribution in [0.3, 0.4) is 0 Å². The first-order valence-corrected chi connectivity index (χ1v) is 11.5. The van der Waals surface area contributed by atoms with Crippen LogP contribution in [0.5, 0.6) is 0 Å². The minimum absolute atomic E-state index is 0.107. The topological polar surface area (TPSA) is 91.1 Å². The number of hydrogen-bond donors (Lipinski definition) is 1. The van der Waals surface area contributed by atoms with Crippen molar-refractivity contribution in [2.75, 3.05) is 6.26 Å². The Balaban J connectivity index is 1.83. The fourth-order valence-electron chi connectivity index (χ4n) is 3.36. The van der Waals surface area contributed by atoms with Crippen molar-refractivity contribution in [3.05, 3.63) is 66.9 Å². The van der Waals surface area contributed by atoms with Gasteiger partial charge in [0.15, 0.2) is 4.90 Å². The molecule has 0 amide bonds. The minimum Gasteiger partial charge on any atom is -0.612 e. The molecule has 0 aliphatic carbocycles. The van der Waals surface area contributed by atoms with Crippen molar-refractivity contribution >= 4 is 39.8 Å². The van der Waals surface area contributed by atoms with Crippen molar-refractivity contribution in [2.24, 2.45) is 0 Å². The van der Waals surface area contributed by atoms with E-state index >= 15 is 0 Å². The second kappa shape index (κ2) is 8.51. The minimum atomic E-state index is -1.03. The van der Waals surface area contributed by atoms with E-state index in [4.69, 9.17) is 0 Å². The Bertz CT molecular complexity index is 1210. The highest BCUT2D eigenvalue weighted by Gasteiger charge is 2.18. The number of carboxylic acids is 1. The summed E-state index contributed by atoms with van der Waals surface area (Å²) >= 11 is 0.544. The molecule has 4 aromatic rings. The normalized spacial score (nSPS) is 12.2. The van der Waals surface area contributed by atoms with Gasteiger partial charge in [-0.15, -0.1) is 0 Å². The van der Waals surface area contributed by atoms with Crippen molar-refractivity contribution < 1.29 is 14.5 Å². The molecule has 8 heteroatoms. The molecular weight excluding hydrogens is 418 g/mol. The SMILES string of the molecule is Cc1c(Sc2ccc([S+](C)[O-])cc2)c2cc(-c3cncnc3)ccc2n1CC(=O)O. The number of nitrogens with zero attached hydrogens (tertiary/aromatic N) is 3. The lowest BCUT2D eigenvalue weighted by molar-refractivity contribution is -0.137. The second-order valence-electron chi connectivity index (χ2n) is 6.78. The lowest BCUT2D eigenvalue weighted by atomic mass is 10.1. The van der Waals surface area contributed by atoms with Crippen LogP contribution in [0.4, 0.5) is 0 Å². The maximum absolute atomic E-state index is 11.7. The van der Waals surface area contributed by atoms with Crippen LogP contribution in [-0.4, -0.2) is 36.4 Å². The molecule has 0 aliphatic rings. The highest BCUT2D eigenvalue weighted by Crippen LogP contribution is 2.40. The average Bonchev–Trinajstić information content (AvgIpc) is 2.99. The Morgan fingerprint density at radius 2 is 1.83 bits per heavy atom. The van der Waals surface area contributed by atoms with Gasteiger partial charge in [-0.1, -0.05) is 17.8 Å². The molecule has 4 rings (SSSR count). The number of rotatable bonds is 6. The van der Waals surface area contributed by atoms with Crippen LogP contribution in [0, 0.1) is 6.92 Å². The third-order valence-corrected chi connectivity index (χ3v) is 6.99. The molecule has 2 heterocycles. The van der Waals surface area contributed by atoms with E-state index in [1.165, 1.54) is 6.33 Å². The molecule has 6 nitrogen and oxygen atoms in total. The number of aromatic nitrogens is 3. The van der Waals surface area contributed by atoms with E-state index in [2.05, 4.69) is 16.0 Å². The zero-order valence-electron chi connectivity index (χ0n) is 16.4. The van der Waals surface area contributed by atoms with Crippen LogP contribution in [0.15, 0.2) is 75.9 Å². The van der Waals surface area contributed by atoms with Gasteiger partial charge in [0.25, 0.3) is 0 Å². The first kappa shape index (κ1) is 20.5. The fourth-order valence-corrected chi connectivity index (χ4v) is 4.92. The molecule has 152 valence electrons. The predicted octanol–water partition coefficient (Wildman–Crippen LogP) is 4.38. The molecule has 0 radical (unpaired) electrons. The molecule has 0 aliphatic heterocycles. The summed E-state index contributed by atoms with van der Waals surface area (Å²) in [7, 11) is 0. The van der Waals surface area contributed by atoms with Gasteiger partial charge in [0.1, 0.15) is 19.1 Å². The summed E-state index contributed by atoms with van der Waals surface area (Å²) in [6.07, 6.45) is 6.65. The average molecular weight is 438 g/mol. The van der Waals surface area contributed by atoms with Gasteiger partial charge in [-0.2, -0.15) is 0 Å². The van der Waals surface area contributed by atoms with Gasteiger partial charge in [-0.3, -0.25) is 4.79 Å². The zero-order chi connectivity index (χ0) is 21.3. The Labute approximate surface area is 181 Å². The molecule has 1 unspecified atom stereocenters. The monoisotopic (exact) mass is 437 g/mol. The molecule has 0 saturated heterocycles. The summed E-state index contributed by atoms with van der Waals surface area (Å²) in [6, 6.07) is 13.6. The summed E-state index contributed by atoms with van der Waals surface area (Å²) in [6.45, 7) is 1.83. The van der Waals surface area contributed by atoms with Crippen molar-refractivity contribution in [3.8, 4) is 11.1 Å². The highest BCUT2D eigenvalue weighted by atomic mass is 32.2. The summed E-state index contributed by atoms with van der Waals surface area (Å²) in [5.41, 5.74) is 3.62. The van der Waals surface area contributed by atoms with Gasteiger partial charge in [0.05, 0.1) is 0 Å². The Hall–Kier alpha value is -2.81. The first-order chi connectivity index (χ1) is 14.4. The fraction of sp³-hybridized carbons (Fsp3) is 0.136. The first-order valence-electron chi connectivity index (χ1n) is 9.15. The van der Waals surface area contributed by atoms with Crippen molar-refractivity contribution in [1.29, 1.82) is 0 Å². The van der Waals surface area contributed by atoms with Crippen molar-refractivity contribution in [1.82, 2.24) is 14.5 Å². The third-order valence-electron chi connectivity index (χ3n) is 4.83. The number of hydrogen-bond acceptors (Lipinski definition) is 5. The standard InChI is InChI=1S/C22H19N3O3S2/c1-14-22(29-17-4-6-18(7-5-17)30(2)28)19-9-15(16-10-23-13-24-11-16)3-8-20(19)25(14)12-21(26)27/h3-11,13H,12H2,1-2H3,(H,26,27). The molecule has 1 atom stereocenters. The van der Waals surface area contributed by atoms with Gasteiger partial charge < -0.3 is 14.2 Å². The van der Waals surface area contributed by atoms with E-state index in [0.29, 0.717) is 0 Å². The van der Waals surface area contributed by atoms with Gasteiger partial charge in [-0.25, -0.2) is 9.97 Å². The largest absolute Gasteiger partial charge is 0.612 e. The maximum Gasteiger partial charge on any atom is 0.323 e. The number of carboxylic acid groups (broad SMARTS) is 1. The number of benzene rings is 2. The van der Waals surface area contributed by atoms with Crippen molar-refractivity contribution in [3.63, 3.8) is 0 Å². The smallest absolute Gasteiger partial charge is 0.323 e. The molecule has 0 fully saturated rings. The predicted molar refractivity (Wildman–Crippen MR) is 118 cm³/mol. The maximum atomic E-state index is 11.7. The van der Waals surface area contributed by atoms with Gasteiger partial charge in [0.2, 0.25) is 0 Å². The van der Waals surface area contributed by atoms with Crippen LogP contribution < -0.4 is 0 Å². The van der Waals surface area contributed by atoms with E-state index < -0.39 is 17.1 Å². The molecule has 0 spiro atoms.